The van der Waals surface area contributed by atoms with Crippen LogP contribution < -0.4 is 10.6 Å². The molecule has 1 aliphatic carbocycles. The molecule has 1 aromatic heterocycles. The molecule has 7 nitrogen and oxygen atoms in total. The van der Waals surface area contributed by atoms with E-state index in [2.05, 4.69) is 25.5 Å². The number of piperidine rings is 1. The molecule has 2 aliphatic rings. The Morgan fingerprint density at radius 2 is 1.75 bits per heavy atom. The highest BCUT2D eigenvalue weighted by molar-refractivity contribution is 5.92. The molecular formula is C17H25N5O2. The first-order chi connectivity index (χ1) is 11.5. The Morgan fingerprint density at radius 1 is 1.08 bits per heavy atom. The molecule has 2 amide bonds. The number of carbonyl (C=O) groups excluding carboxylic acids is 2. The second-order valence-electron chi connectivity index (χ2n) is 6.81. The Labute approximate surface area is 142 Å². The summed E-state index contributed by atoms with van der Waals surface area (Å²) in [4.78, 5) is 34.7. The smallest absolute Gasteiger partial charge is 0.270 e. The van der Waals surface area contributed by atoms with Crippen LogP contribution in [0.5, 0.6) is 0 Å². The molecule has 0 spiro atoms. The average Bonchev–Trinajstić information content (AvgIpc) is 3.32. The van der Waals surface area contributed by atoms with Gasteiger partial charge >= 0.3 is 0 Å². The van der Waals surface area contributed by atoms with Gasteiger partial charge in [-0.3, -0.25) is 14.5 Å². The number of nitrogens with one attached hydrogen (secondary N) is 2. The first kappa shape index (κ1) is 16.8. The number of hydrogen-bond donors (Lipinski definition) is 2. The lowest BCUT2D eigenvalue weighted by atomic mass is 10.0. The molecule has 3 rings (SSSR count). The Hall–Kier alpha value is -2.02. The van der Waals surface area contributed by atoms with Crippen LogP contribution in [0.15, 0.2) is 6.07 Å². The molecule has 1 aromatic rings. The number of likely N-dealkylation sites (tertiary alicyclic amines) is 1. The summed E-state index contributed by atoms with van der Waals surface area (Å²) in [7, 11) is 0. The maximum Gasteiger partial charge on any atom is 0.270 e. The molecule has 1 aliphatic heterocycles. The van der Waals surface area contributed by atoms with E-state index >= 15 is 0 Å². The van der Waals surface area contributed by atoms with Crippen molar-refractivity contribution in [3.05, 3.63) is 23.3 Å². The van der Waals surface area contributed by atoms with Gasteiger partial charge in [0.2, 0.25) is 5.91 Å². The Bertz CT molecular complexity index is 601. The van der Waals surface area contributed by atoms with Crippen LogP contribution in [0.2, 0.25) is 0 Å². The first-order valence-electron chi connectivity index (χ1n) is 8.64. The van der Waals surface area contributed by atoms with Crippen molar-refractivity contribution in [3.8, 4) is 0 Å². The van der Waals surface area contributed by atoms with Crippen molar-refractivity contribution in [2.75, 3.05) is 19.6 Å². The van der Waals surface area contributed by atoms with Gasteiger partial charge in [0, 0.05) is 30.9 Å². The average molecular weight is 331 g/mol. The third-order valence-corrected chi connectivity index (χ3v) is 4.43. The standard InChI is InChI=1S/C17H25N5O2/c1-11-9-15(19-12(2)18-11)17(24)21-14-5-7-22(8-6-14)10-16(23)20-13-3-4-13/h9,13-14H,3-8,10H2,1-2H3,(H,20,23)(H,21,24). The van der Waals surface area contributed by atoms with Gasteiger partial charge in [0.25, 0.3) is 5.91 Å². The number of hydrogen-bond acceptors (Lipinski definition) is 5. The van der Waals surface area contributed by atoms with E-state index < -0.39 is 0 Å². The topological polar surface area (TPSA) is 87.2 Å². The highest BCUT2D eigenvalue weighted by Crippen LogP contribution is 2.18. The van der Waals surface area contributed by atoms with Crippen LogP contribution in [0.4, 0.5) is 0 Å². The molecule has 130 valence electrons. The quantitative estimate of drug-likeness (QED) is 0.823. The predicted molar refractivity (Wildman–Crippen MR) is 89.6 cm³/mol. The summed E-state index contributed by atoms with van der Waals surface area (Å²) in [5.41, 5.74) is 1.22. The molecule has 0 bridgehead atoms. The van der Waals surface area contributed by atoms with Crippen LogP contribution in [0.1, 0.15) is 47.7 Å². The number of aryl methyl sites for hydroxylation is 2. The van der Waals surface area contributed by atoms with Crippen molar-refractivity contribution in [1.29, 1.82) is 0 Å². The SMILES string of the molecule is Cc1cc(C(=O)NC2CCN(CC(=O)NC3CC3)CC2)nc(C)n1. The minimum atomic E-state index is -0.145. The largest absolute Gasteiger partial charge is 0.352 e. The van der Waals surface area contributed by atoms with E-state index in [0.29, 0.717) is 24.1 Å². The predicted octanol–water partition coefficient (Wildman–Crippen LogP) is 0.566. The number of nitrogens with zero attached hydrogens (tertiary/aromatic N) is 3. The van der Waals surface area contributed by atoms with Gasteiger partial charge in [-0.05, 0) is 45.6 Å². The lowest BCUT2D eigenvalue weighted by molar-refractivity contribution is -0.122. The van der Waals surface area contributed by atoms with E-state index in [9.17, 15) is 9.59 Å². The molecule has 24 heavy (non-hydrogen) atoms. The van der Waals surface area contributed by atoms with Crippen LogP contribution in [-0.2, 0) is 4.79 Å². The van der Waals surface area contributed by atoms with Gasteiger partial charge in [0.05, 0.1) is 6.54 Å². The number of aromatic nitrogens is 2. The number of amides is 2. The zero-order valence-corrected chi connectivity index (χ0v) is 14.3. The van der Waals surface area contributed by atoms with E-state index in [1.54, 1.807) is 13.0 Å². The minimum absolute atomic E-state index is 0.118. The van der Waals surface area contributed by atoms with Gasteiger partial charge in [-0.2, -0.15) is 0 Å². The van der Waals surface area contributed by atoms with Crippen molar-refractivity contribution >= 4 is 11.8 Å². The van der Waals surface area contributed by atoms with Crippen LogP contribution in [0.25, 0.3) is 0 Å². The Morgan fingerprint density at radius 3 is 2.38 bits per heavy atom. The molecule has 2 heterocycles. The third kappa shape index (κ3) is 4.74. The third-order valence-electron chi connectivity index (χ3n) is 4.43. The highest BCUT2D eigenvalue weighted by atomic mass is 16.2. The zero-order valence-electron chi connectivity index (χ0n) is 14.3. The summed E-state index contributed by atoms with van der Waals surface area (Å²) in [6.45, 7) is 5.75. The zero-order chi connectivity index (χ0) is 17.1. The van der Waals surface area contributed by atoms with Gasteiger partial charge < -0.3 is 10.6 Å². The van der Waals surface area contributed by atoms with E-state index in [0.717, 1.165) is 44.5 Å². The highest BCUT2D eigenvalue weighted by Gasteiger charge is 2.26. The molecule has 1 saturated carbocycles. The van der Waals surface area contributed by atoms with Gasteiger partial charge in [0.1, 0.15) is 11.5 Å². The molecule has 0 atom stereocenters. The van der Waals surface area contributed by atoms with Crippen LogP contribution in [-0.4, -0.2) is 58.4 Å². The first-order valence-corrected chi connectivity index (χ1v) is 8.64. The lowest BCUT2D eigenvalue weighted by Gasteiger charge is -2.31. The monoisotopic (exact) mass is 331 g/mol. The van der Waals surface area contributed by atoms with Gasteiger partial charge in [-0.1, -0.05) is 0 Å². The minimum Gasteiger partial charge on any atom is -0.352 e. The Kier molecular flexibility index (Phi) is 5.08. The molecular weight excluding hydrogens is 306 g/mol. The van der Waals surface area contributed by atoms with E-state index in [4.69, 9.17) is 0 Å². The summed E-state index contributed by atoms with van der Waals surface area (Å²) in [6, 6.07) is 2.25. The molecule has 0 unspecified atom stereocenters. The Balaban J connectivity index is 1.44. The molecule has 0 radical (unpaired) electrons. The van der Waals surface area contributed by atoms with Crippen molar-refractivity contribution in [2.24, 2.45) is 0 Å². The molecule has 7 heteroatoms. The van der Waals surface area contributed by atoms with Crippen molar-refractivity contribution in [2.45, 2.75) is 51.6 Å². The number of carbonyl (C=O) groups is 2. The maximum atomic E-state index is 12.3. The summed E-state index contributed by atoms with van der Waals surface area (Å²) in [5, 5.41) is 6.06. The fraction of sp³-hybridized carbons (Fsp3) is 0.647. The summed E-state index contributed by atoms with van der Waals surface area (Å²) in [5.74, 6) is 0.581. The van der Waals surface area contributed by atoms with Crippen molar-refractivity contribution in [3.63, 3.8) is 0 Å². The van der Waals surface area contributed by atoms with Crippen LogP contribution in [0, 0.1) is 13.8 Å². The lowest BCUT2D eigenvalue weighted by Crippen LogP contribution is -2.47. The summed E-state index contributed by atoms with van der Waals surface area (Å²) in [6.07, 6.45) is 3.93. The number of rotatable bonds is 5. The van der Waals surface area contributed by atoms with Gasteiger partial charge in [-0.15, -0.1) is 0 Å². The molecule has 1 saturated heterocycles. The summed E-state index contributed by atoms with van der Waals surface area (Å²) >= 11 is 0. The van der Waals surface area contributed by atoms with Gasteiger partial charge in [-0.25, -0.2) is 9.97 Å². The van der Waals surface area contributed by atoms with E-state index in [-0.39, 0.29) is 17.9 Å². The second kappa shape index (κ2) is 7.25. The molecule has 2 fully saturated rings. The van der Waals surface area contributed by atoms with E-state index in [1.165, 1.54) is 0 Å². The van der Waals surface area contributed by atoms with E-state index in [1.807, 2.05) is 6.92 Å². The second-order valence-corrected chi connectivity index (χ2v) is 6.81. The maximum absolute atomic E-state index is 12.3. The molecule has 2 N–H and O–H groups in total. The fourth-order valence-corrected chi connectivity index (χ4v) is 3.03. The summed E-state index contributed by atoms with van der Waals surface area (Å²) < 4.78 is 0. The van der Waals surface area contributed by atoms with Crippen molar-refractivity contribution < 1.29 is 9.59 Å². The normalized spacial score (nSPS) is 19.1. The molecule has 0 aromatic carbocycles. The van der Waals surface area contributed by atoms with Gasteiger partial charge in [0.15, 0.2) is 0 Å². The van der Waals surface area contributed by atoms with Crippen LogP contribution >= 0.6 is 0 Å². The fourth-order valence-electron chi connectivity index (χ4n) is 3.03. The van der Waals surface area contributed by atoms with Crippen LogP contribution in [0.3, 0.4) is 0 Å². The van der Waals surface area contributed by atoms with Crippen molar-refractivity contribution in [1.82, 2.24) is 25.5 Å².